The van der Waals surface area contributed by atoms with Crippen LogP contribution in [0.4, 0.5) is 0 Å². The van der Waals surface area contributed by atoms with Gasteiger partial charge >= 0.3 is 0 Å². The van der Waals surface area contributed by atoms with Crippen molar-refractivity contribution < 1.29 is 9.53 Å². The lowest BCUT2D eigenvalue weighted by atomic mass is 9.93. The summed E-state index contributed by atoms with van der Waals surface area (Å²) in [5.41, 5.74) is 0. The maximum Gasteiger partial charge on any atom is 0.138 e. The van der Waals surface area contributed by atoms with E-state index in [1.807, 2.05) is 20.8 Å². The predicted octanol–water partition coefficient (Wildman–Crippen LogP) is 2.17. The molecule has 0 N–H and O–H groups in total. The maximum absolute atomic E-state index is 11.5. The molecule has 0 aromatic heterocycles. The Kier molecular flexibility index (Phi) is 3.27. The normalized spacial score (nSPS) is 35.4. The SMILES string of the molecule is CCCC(=O)C1CC(C)OC1C. The molecule has 1 rings (SSSR count). The van der Waals surface area contributed by atoms with E-state index in [0.717, 1.165) is 12.8 Å². The van der Waals surface area contributed by atoms with Gasteiger partial charge in [0.1, 0.15) is 5.78 Å². The van der Waals surface area contributed by atoms with Gasteiger partial charge in [-0.15, -0.1) is 0 Å². The van der Waals surface area contributed by atoms with Crippen molar-refractivity contribution in [2.45, 2.75) is 52.2 Å². The second-order valence-electron chi connectivity index (χ2n) is 3.71. The van der Waals surface area contributed by atoms with Crippen molar-refractivity contribution in [2.24, 2.45) is 5.92 Å². The minimum atomic E-state index is 0.138. The molecule has 0 bridgehead atoms. The van der Waals surface area contributed by atoms with Crippen molar-refractivity contribution in [3.63, 3.8) is 0 Å². The Labute approximate surface area is 74.3 Å². The number of carbonyl (C=O) groups is 1. The summed E-state index contributed by atoms with van der Waals surface area (Å²) in [5, 5.41) is 0. The van der Waals surface area contributed by atoms with Gasteiger partial charge < -0.3 is 4.74 Å². The van der Waals surface area contributed by atoms with Crippen molar-refractivity contribution >= 4 is 5.78 Å². The molecular weight excluding hydrogens is 152 g/mol. The third-order valence-electron chi connectivity index (χ3n) is 2.51. The largest absolute Gasteiger partial charge is 0.375 e. The fourth-order valence-electron chi connectivity index (χ4n) is 1.89. The second-order valence-corrected chi connectivity index (χ2v) is 3.71. The van der Waals surface area contributed by atoms with Crippen molar-refractivity contribution in [1.82, 2.24) is 0 Å². The van der Waals surface area contributed by atoms with E-state index in [0.29, 0.717) is 12.2 Å². The Morgan fingerprint density at radius 3 is 2.58 bits per heavy atom. The molecule has 0 aromatic carbocycles. The molecule has 70 valence electrons. The van der Waals surface area contributed by atoms with Crippen molar-refractivity contribution in [3.05, 3.63) is 0 Å². The Balaban J connectivity index is 2.46. The molecule has 0 saturated carbocycles. The lowest BCUT2D eigenvalue weighted by molar-refractivity contribution is -0.124. The van der Waals surface area contributed by atoms with Crippen LogP contribution in [0.2, 0.25) is 0 Å². The van der Waals surface area contributed by atoms with E-state index in [9.17, 15) is 4.79 Å². The first kappa shape index (κ1) is 9.72. The molecular formula is C10H18O2. The van der Waals surface area contributed by atoms with Crippen LogP contribution in [0.3, 0.4) is 0 Å². The van der Waals surface area contributed by atoms with Gasteiger partial charge in [0.25, 0.3) is 0 Å². The van der Waals surface area contributed by atoms with Crippen LogP contribution >= 0.6 is 0 Å². The molecule has 1 aliphatic heterocycles. The zero-order valence-electron chi connectivity index (χ0n) is 8.17. The molecule has 0 aliphatic carbocycles. The highest BCUT2D eigenvalue weighted by Crippen LogP contribution is 2.27. The lowest BCUT2D eigenvalue weighted by Crippen LogP contribution is -2.21. The number of Topliss-reactive ketones (excluding diaryl/α,β-unsaturated/α-hetero) is 1. The molecule has 0 spiro atoms. The predicted molar refractivity (Wildman–Crippen MR) is 48.0 cm³/mol. The molecule has 0 radical (unpaired) electrons. The van der Waals surface area contributed by atoms with Gasteiger partial charge in [-0.1, -0.05) is 6.92 Å². The second kappa shape index (κ2) is 4.04. The Morgan fingerprint density at radius 1 is 1.50 bits per heavy atom. The van der Waals surface area contributed by atoms with E-state index >= 15 is 0 Å². The number of hydrogen-bond donors (Lipinski definition) is 0. The summed E-state index contributed by atoms with van der Waals surface area (Å²) < 4.78 is 5.52. The highest BCUT2D eigenvalue weighted by molar-refractivity contribution is 5.81. The summed E-state index contributed by atoms with van der Waals surface area (Å²) in [6.45, 7) is 6.08. The van der Waals surface area contributed by atoms with Crippen LogP contribution < -0.4 is 0 Å². The third kappa shape index (κ3) is 2.07. The van der Waals surface area contributed by atoms with Crippen molar-refractivity contribution in [2.75, 3.05) is 0 Å². The highest BCUT2D eigenvalue weighted by atomic mass is 16.5. The number of carbonyl (C=O) groups excluding carboxylic acids is 1. The smallest absolute Gasteiger partial charge is 0.138 e. The van der Waals surface area contributed by atoms with Crippen LogP contribution in [0.5, 0.6) is 0 Å². The van der Waals surface area contributed by atoms with E-state index in [1.165, 1.54) is 0 Å². The van der Waals surface area contributed by atoms with Gasteiger partial charge in [0, 0.05) is 12.3 Å². The van der Waals surface area contributed by atoms with E-state index < -0.39 is 0 Å². The average Bonchev–Trinajstić information content (AvgIpc) is 2.30. The van der Waals surface area contributed by atoms with Crippen molar-refractivity contribution in [3.8, 4) is 0 Å². The van der Waals surface area contributed by atoms with Crippen LogP contribution in [-0.2, 0) is 9.53 Å². The van der Waals surface area contributed by atoms with Crippen LogP contribution in [0.25, 0.3) is 0 Å². The van der Waals surface area contributed by atoms with E-state index in [2.05, 4.69) is 0 Å². The van der Waals surface area contributed by atoms with E-state index in [1.54, 1.807) is 0 Å². The average molecular weight is 170 g/mol. The minimum absolute atomic E-state index is 0.138. The summed E-state index contributed by atoms with van der Waals surface area (Å²) in [6, 6.07) is 0. The van der Waals surface area contributed by atoms with Gasteiger partial charge in [-0.05, 0) is 26.7 Å². The van der Waals surface area contributed by atoms with Crippen molar-refractivity contribution in [1.29, 1.82) is 0 Å². The molecule has 0 aromatic rings. The fourth-order valence-corrected chi connectivity index (χ4v) is 1.89. The van der Waals surface area contributed by atoms with Gasteiger partial charge in [-0.25, -0.2) is 0 Å². The summed E-state index contributed by atoms with van der Waals surface area (Å²) >= 11 is 0. The third-order valence-corrected chi connectivity index (χ3v) is 2.51. The molecule has 1 fully saturated rings. The number of ketones is 1. The molecule has 0 amide bonds. The molecule has 12 heavy (non-hydrogen) atoms. The first-order chi connectivity index (χ1) is 5.65. The lowest BCUT2D eigenvalue weighted by Gasteiger charge is -2.11. The summed E-state index contributed by atoms with van der Waals surface area (Å²) in [4.78, 5) is 11.5. The minimum Gasteiger partial charge on any atom is -0.375 e. The van der Waals surface area contributed by atoms with Gasteiger partial charge in [0.2, 0.25) is 0 Å². The monoisotopic (exact) mass is 170 g/mol. The van der Waals surface area contributed by atoms with Crippen LogP contribution in [0.1, 0.15) is 40.0 Å². The maximum atomic E-state index is 11.5. The molecule has 1 heterocycles. The summed E-state index contributed by atoms with van der Waals surface area (Å²) in [6.07, 6.45) is 2.99. The van der Waals surface area contributed by atoms with E-state index in [-0.39, 0.29) is 18.1 Å². The van der Waals surface area contributed by atoms with Crippen LogP contribution in [-0.4, -0.2) is 18.0 Å². The molecule has 3 unspecified atom stereocenters. The molecule has 3 atom stereocenters. The Hall–Kier alpha value is -0.370. The summed E-state index contributed by atoms with van der Waals surface area (Å²) in [7, 11) is 0. The Morgan fingerprint density at radius 2 is 2.17 bits per heavy atom. The van der Waals surface area contributed by atoms with Gasteiger partial charge in [0.15, 0.2) is 0 Å². The topological polar surface area (TPSA) is 26.3 Å². The first-order valence-electron chi connectivity index (χ1n) is 4.83. The van der Waals surface area contributed by atoms with E-state index in [4.69, 9.17) is 4.74 Å². The zero-order chi connectivity index (χ0) is 9.14. The van der Waals surface area contributed by atoms with Crippen LogP contribution in [0, 0.1) is 5.92 Å². The number of rotatable bonds is 3. The Bertz CT molecular complexity index is 165. The number of hydrogen-bond acceptors (Lipinski definition) is 2. The zero-order valence-corrected chi connectivity index (χ0v) is 8.17. The quantitative estimate of drug-likeness (QED) is 0.649. The van der Waals surface area contributed by atoms with Gasteiger partial charge in [-0.2, -0.15) is 0 Å². The molecule has 1 saturated heterocycles. The van der Waals surface area contributed by atoms with Gasteiger partial charge in [0.05, 0.1) is 12.2 Å². The van der Waals surface area contributed by atoms with Crippen LogP contribution in [0.15, 0.2) is 0 Å². The molecule has 2 nitrogen and oxygen atoms in total. The van der Waals surface area contributed by atoms with Gasteiger partial charge in [-0.3, -0.25) is 4.79 Å². The summed E-state index contributed by atoms with van der Waals surface area (Å²) in [5.74, 6) is 0.550. The fraction of sp³-hybridized carbons (Fsp3) is 0.900. The standard InChI is InChI=1S/C10H18O2/c1-4-5-10(11)9-6-7(2)12-8(9)3/h7-9H,4-6H2,1-3H3. The first-order valence-corrected chi connectivity index (χ1v) is 4.83. The molecule has 2 heteroatoms. The number of ether oxygens (including phenoxy) is 1. The molecule has 1 aliphatic rings. The highest BCUT2D eigenvalue weighted by Gasteiger charge is 2.33.